The Labute approximate surface area is 121 Å². The summed E-state index contributed by atoms with van der Waals surface area (Å²) < 4.78 is 0. The van der Waals surface area contributed by atoms with Crippen LogP contribution in [0.1, 0.15) is 49.7 Å². The third-order valence-electron chi connectivity index (χ3n) is 3.29. The Morgan fingerprint density at radius 2 is 1.70 bits per heavy atom. The predicted molar refractivity (Wildman–Crippen MR) is 82.6 cm³/mol. The first-order chi connectivity index (χ1) is 9.85. The lowest BCUT2D eigenvalue weighted by atomic mass is 10.0. The van der Waals surface area contributed by atoms with Crippen LogP contribution in [0.3, 0.4) is 0 Å². The number of hydrogen-bond donors (Lipinski definition) is 1. The van der Waals surface area contributed by atoms with Crippen molar-refractivity contribution in [3.63, 3.8) is 0 Å². The van der Waals surface area contributed by atoms with E-state index in [1.54, 1.807) is 12.4 Å². The molecule has 1 atom stereocenters. The van der Waals surface area contributed by atoms with E-state index in [4.69, 9.17) is 0 Å². The number of benzene rings is 1. The van der Waals surface area contributed by atoms with Crippen molar-refractivity contribution >= 4 is 0 Å². The van der Waals surface area contributed by atoms with Crippen molar-refractivity contribution in [1.29, 1.82) is 0 Å². The summed E-state index contributed by atoms with van der Waals surface area (Å²) in [5.74, 6) is 0.837. The van der Waals surface area contributed by atoms with Gasteiger partial charge in [-0.3, -0.25) is 0 Å². The Kier molecular flexibility index (Phi) is 5.69. The molecule has 1 aromatic heterocycles. The van der Waals surface area contributed by atoms with Gasteiger partial charge >= 0.3 is 0 Å². The van der Waals surface area contributed by atoms with E-state index in [2.05, 4.69) is 53.4 Å². The molecule has 0 bridgehead atoms. The largest absolute Gasteiger partial charge is 0.304 e. The van der Waals surface area contributed by atoms with E-state index in [9.17, 15) is 0 Å². The molecular formula is C17H23N3. The highest BCUT2D eigenvalue weighted by molar-refractivity contribution is 5.28. The second kappa shape index (κ2) is 7.75. The molecule has 0 saturated carbocycles. The lowest BCUT2D eigenvalue weighted by Crippen LogP contribution is -2.25. The SMILES string of the molecule is CCCNC(c1ccc(CCC)cc1)c1ncccn1. The summed E-state index contributed by atoms with van der Waals surface area (Å²) in [6, 6.07) is 10.7. The summed E-state index contributed by atoms with van der Waals surface area (Å²) in [4.78, 5) is 8.79. The molecule has 2 aromatic rings. The van der Waals surface area contributed by atoms with Gasteiger partial charge in [-0.25, -0.2) is 9.97 Å². The van der Waals surface area contributed by atoms with Gasteiger partial charge in [-0.2, -0.15) is 0 Å². The molecule has 3 nitrogen and oxygen atoms in total. The molecule has 0 fully saturated rings. The highest BCUT2D eigenvalue weighted by Gasteiger charge is 2.15. The molecule has 0 aliphatic heterocycles. The van der Waals surface area contributed by atoms with Crippen molar-refractivity contribution in [1.82, 2.24) is 15.3 Å². The van der Waals surface area contributed by atoms with Crippen LogP contribution in [0.4, 0.5) is 0 Å². The second-order valence-electron chi connectivity index (χ2n) is 4.99. The van der Waals surface area contributed by atoms with E-state index in [0.717, 1.165) is 25.2 Å². The van der Waals surface area contributed by atoms with Gasteiger partial charge in [0.15, 0.2) is 0 Å². The van der Waals surface area contributed by atoms with Crippen LogP contribution in [0, 0.1) is 0 Å². The number of aryl methyl sites for hydroxylation is 1. The van der Waals surface area contributed by atoms with Crippen molar-refractivity contribution < 1.29 is 0 Å². The van der Waals surface area contributed by atoms with Gasteiger partial charge in [0.2, 0.25) is 0 Å². The van der Waals surface area contributed by atoms with Crippen LogP contribution < -0.4 is 5.32 Å². The van der Waals surface area contributed by atoms with E-state index in [-0.39, 0.29) is 6.04 Å². The molecule has 0 aliphatic rings. The molecule has 0 spiro atoms. The van der Waals surface area contributed by atoms with Crippen molar-refractivity contribution in [2.24, 2.45) is 0 Å². The Morgan fingerprint density at radius 3 is 2.30 bits per heavy atom. The zero-order valence-electron chi connectivity index (χ0n) is 12.3. The average Bonchev–Trinajstić information content (AvgIpc) is 2.51. The number of rotatable bonds is 7. The molecule has 1 N–H and O–H groups in total. The van der Waals surface area contributed by atoms with Crippen LogP contribution in [0.5, 0.6) is 0 Å². The van der Waals surface area contributed by atoms with Crippen molar-refractivity contribution in [2.75, 3.05) is 6.54 Å². The van der Waals surface area contributed by atoms with E-state index in [1.807, 2.05) is 6.07 Å². The van der Waals surface area contributed by atoms with Gasteiger partial charge in [0.25, 0.3) is 0 Å². The van der Waals surface area contributed by atoms with Gasteiger partial charge in [-0.05, 0) is 36.6 Å². The standard InChI is InChI=1S/C17H23N3/c1-3-6-14-7-9-15(10-8-14)16(18-11-4-2)17-19-12-5-13-20-17/h5,7-10,12-13,16,18H,3-4,6,11H2,1-2H3. The van der Waals surface area contributed by atoms with E-state index < -0.39 is 0 Å². The zero-order valence-corrected chi connectivity index (χ0v) is 12.3. The van der Waals surface area contributed by atoms with Crippen molar-refractivity contribution in [2.45, 2.75) is 39.2 Å². The Bertz CT molecular complexity index is 493. The molecule has 20 heavy (non-hydrogen) atoms. The third kappa shape index (κ3) is 3.87. The number of nitrogens with zero attached hydrogens (tertiary/aromatic N) is 2. The third-order valence-corrected chi connectivity index (χ3v) is 3.29. The first-order valence-corrected chi connectivity index (χ1v) is 7.44. The fourth-order valence-electron chi connectivity index (χ4n) is 2.27. The van der Waals surface area contributed by atoms with Crippen LogP contribution in [-0.4, -0.2) is 16.5 Å². The fourth-order valence-corrected chi connectivity index (χ4v) is 2.27. The van der Waals surface area contributed by atoms with Gasteiger partial charge in [0.05, 0.1) is 6.04 Å². The molecule has 1 unspecified atom stereocenters. The maximum atomic E-state index is 4.39. The summed E-state index contributed by atoms with van der Waals surface area (Å²) in [6.45, 7) is 5.33. The first-order valence-electron chi connectivity index (χ1n) is 7.44. The van der Waals surface area contributed by atoms with Crippen molar-refractivity contribution in [3.05, 3.63) is 59.7 Å². The minimum atomic E-state index is 0.0758. The summed E-state index contributed by atoms with van der Waals surface area (Å²) in [7, 11) is 0. The van der Waals surface area contributed by atoms with Crippen LogP contribution in [0.25, 0.3) is 0 Å². The molecule has 1 heterocycles. The summed E-state index contributed by atoms with van der Waals surface area (Å²) in [5.41, 5.74) is 2.61. The molecule has 1 aromatic carbocycles. The molecule has 3 heteroatoms. The van der Waals surface area contributed by atoms with Gasteiger partial charge < -0.3 is 5.32 Å². The first kappa shape index (κ1) is 14.7. The highest BCUT2D eigenvalue weighted by Crippen LogP contribution is 2.19. The second-order valence-corrected chi connectivity index (χ2v) is 4.99. The Morgan fingerprint density at radius 1 is 1.00 bits per heavy atom. The average molecular weight is 269 g/mol. The summed E-state index contributed by atoms with van der Waals surface area (Å²) in [5, 5.41) is 3.53. The molecule has 0 saturated heterocycles. The number of nitrogens with one attached hydrogen (secondary N) is 1. The Hall–Kier alpha value is -1.74. The Balaban J connectivity index is 2.22. The fraction of sp³-hybridized carbons (Fsp3) is 0.412. The van der Waals surface area contributed by atoms with E-state index >= 15 is 0 Å². The van der Waals surface area contributed by atoms with E-state index in [1.165, 1.54) is 17.5 Å². The predicted octanol–water partition coefficient (Wildman–Crippen LogP) is 3.52. The van der Waals surface area contributed by atoms with Crippen LogP contribution in [0.2, 0.25) is 0 Å². The van der Waals surface area contributed by atoms with Gasteiger partial charge in [0.1, 0.15) is 5.82 Å². The molecule has 106 valence electrons. The van der Waals surface area contributed by atoms with Gasteiger partial charge in [0, 0.05) is 12.4 Å². The highest BCUT2D eigenvalue weighted by atomic mass is 15.0. The van der Waals surface area contributed by atoms with Crippen LogP contribution in [-0.2, 0) is 6.42 Å². The zero-order chi connectivity index (χ0) is 14.2. The van der Waals surface area contributed by atoms with Crippen LogP contribution >= 0.6 is 0 Å². The summed E-state index contributed by atoms with van der Waals surface area (Å²) >= 11 is 0. The lowest BCUT2D eigenvalue weighted by Gasteiger charge is -2.17. The number of hydrogen-bond acceptors (Lipinski definition) is 3. The lowest BCUT2D eigenvalue weighted by molar-refractivity contribution is 0.571. The normalized spacial score (nSPS) is 12.3. The van der Waals surface area contributed by atoms with Crippen molar-refractivity contribution in [3.8, 4) is 0 Å². The maximum absolute atomic E-state index is 4.39. The quantitative estimate of drug-likeness (QED) is 0.835. The molecular weight excluding hydrogens is 246 g/mol. The molecule has 0 amide bonds. The number of aromatic nitrogens is 2. The van der Waals surface area contributed by atoms with E-state index in [0.29, 0.717) is 0 Å². The summed E-state index contributed by atoms with van der Waals surface area (Å²) in [6.07, 6.45) is 7.01. The molecule has 2 rings (SSSR count). The monoisotopic (exact) mass is 269 g/mol. The molecule has 0 radical (unpaired) electrons. The van der Waals surface area contributed by atoms with Gasteiger partial charge in [-0.1, -0.05) is 44.5 Å². The minimum Gasteiger partial charge on any atom is -0.304 e. The smallest absolute Gasteiger partial charge is 0.149 e. The maximum Gasteiger partial charge on any atom is 0.149 e. The van der Waals surface area contributed by atoms with Gasteiger partial charge in [-0.15, -0.1) is 0 Å². The topological polar surface area (TPSA) is 37.8 Å². The minimum absolute atomic E-state index is 0.0758. The van der Waals surface area contributed by atoms with Crippen LogP contribution in [0.15, 0.2) is 42.7 Å². The molecule has 0 aliphatic carbocycles.